The molecule has 0 bridgehead atoms. The molecule has 41 heavy (non-hydrogen) atoms. The monoisotopic (exact) mass is 550 g/mol. The standard InChI is InChI=1S/C34H30O7/c1-2-32(35)39-24-8-4-7-23-38-29-17-15-28(16-18-29)34(37)41-31-21-19-30(20-22-31)40-33(36)27-13-11-26(12-14-27)25-9-5-3-6-10-25/h2-3,5-6,9-22H,1,4,7-8,23-24H2. The fourth-order valence-electron chi connectivity index (χ4n) is 3.83. The number of esters is 3. The lowest BCUT2D eigenvalue weighted by atomic mass is 10.0. The Kier molecular flexibility index (Phi) is 10.4. The van der Waals surface area contributed by atoms with Crippen LogP contribution in [0.5, 0.6) is 17.2 Å². The van der Waals surface area contributed by atoms with Gasteiger partial charge in [0.2, 0.25) is 0 Å². The summed E-state index contributed by atoms with van der Waals surface area (Å²) in [6.45, 7) is 4.22. The number of ether oxygens (including phenoxy) is 4. The SMILES string of the molecule is C=CC(=O)OCCCCCOc1ccc(C(=O)Oc2ccc(OC(=O)c3ccc(-c4ccccc4)cc3)cc2)cc1. The molecular formula is C34H30O7. The van der Waals surface area contributed by atoms with Gasteiger partial charge in [0, 0.05) is 6.08 Å². The van der Waals surface area contributed by atoms with Gasteiger partial charge in [0.05, 0.1) is 24.3 Å². The minimum Gasteiger partial charge on any atom is -0.494 e. The van der Waals surface area contributed by atoms with Crippen LogP contribution >= 0.6 is 0 Å². The third kappa shape index (κ3) is 8.93. The molecule has 0 fully saturated rings. The summed E-state index contributed by atoms with van der Waals surface area (Å²) in [5.41, 5.74) is 2.87. The van der Waals surface area contributed by atoms with Crippen LogP contribution < -0.4 is 14.2 Å². The summed E-state index contributed by atoms with van der Waals surface area (Å²) in [5, 5.41) is 0. The zero-order chi connectivity index (χ0) is 28.9. The molecule has 0 atom stereocenters. The van der Waals surface area contributed by atoms with E-state index >= 15 is 0 Å². The second kappa shape index (κ2) is 14.8. The van der Waals surface area contributed by atoms with Gasteiger partial charge in [-0.3, -0.25) is 0 Å². The maximum absolute atomic E-state index is 12.6. The number of carbonyl (C=O) groups is 3. The lowest BCUT2D eigenvalue weighted by Crippen LogP contribution is -2.09. The van der Waals surface area contributed by atoms with Crippen molar-refractivity contribution in [1.29, 1.82) is 0 Å². The van der Waals surface area contributed by atoms with Crippen LogP contribution in [0.4, 0.5) is 0 Å². The Morgan fingerprint density at radius 2 is 1.05 bits per heavy atom. The fourth-order valence-corrected chi connectivity index (χ4v) is 3.83. The molecule has 0 aliphatic rings. The van der Waals surface area contributed by atoms with Gasteiger partial charge < -0.3 is 18.9 Å². The van der Waals surface area contributed by atoms with E-state index in [0.717, 1.165) is 36.5 Å². The van der Waals surface area contributed by atoms with Crippen LogP contribution in [0.25, 0.3) is 11.1 Å². The summed E-state index contributed by atoms with van der Waals surface area (Å²) >= 11 is 0. The fraction of sp³-hybridized carbons (Fsp3) is 0.147. The average molecular weight is 551 g/mol. The minimum atomic E-state index is -0.520. The van der Waals surface area contributed by atoms with Crippen LogP contribution in [0.3, 0.4) is 0 Å². The third-order valence-corrected chi connectivity index (χ3v) is 6.03. The first-order chi connectivity index (χ1) is 20.0. The molecule has 0 unspecified atom stereocenters. The molecule has 0 aliphatic heterocycles. The summed E-state index contributed by atoms with van der Waals surface area (Å²) in [4.78, 5) is 36.1. The Hall–Kier alpha value is -5.17. The predicted molar refractivity (Wildman–Crippen MR) is 155 cm³/mol. The number of hydrogen-bond donors (Lipinski definition) is 0. The number of benzene rings is 4. The van der Waals surface area contributed by atoms with Crippen molar-refractivity contribution in [3.8, 4) is 28.4 Å². The minimum absolute atomic E-state index is 0.320. The highest BCUT2D eigenvalue weighted by Gasteiger charge is 2.12. The molecule has 0 aromatic heterocycles. The van der Waals surface area contributed by atoms with Crippen molar-refractivity contribution in [3.63, 3.8) is 0 Å². The van der Waals surface area contributed by atoms with E-state index in [1.807, 2.05) is 42.5 Å². The highest BCUT2D eigenvalue weighted by Crippen LogP contribution is 2.22. The number of unbranched alkanes of at least 4 members (excludes halogenated alkanes) is 2. The molecular weight excluding hydrogens is 520 g/mol. The molecule has 0 radical (unpaired) electrons. The van der Waals surface area contributed by atoms with Gasteiger partial charge in [0.25, 0.3) is 0 Å². The summed E-state index contributed by atoms with van der Waals surface area (Å²) in [6.07, 6.45) is 3.56. The Morgan fingerprint density at radius 3 is 1.61 bits per heavy atom. The third-order valence-electron chi connectivity index (χ3n) is 6.03. The van der Waals surface area contributed by atoms with Crippen molar-refractivity contribution in [1.82, 2.24) is 0 Å². The molecule has 7 heteroatoms. The topological polar surface area (TPSA) is 88.1 Å². The van der Waals surface area contributed by atoms with Crippen LogP contribution in [0.2, 0.25) is 0 Å². The molecule has 4 aromatic carbocycles. The van der Waals surface area contributed by atoms with Gasteiger partial charge in [0.15, 0.2) is 0 Å². The van der Waals surface area contributed by atoms with Crippen LogP contribution in [0.1, 0.15) is 40.0 Å². The Morgan fingerprint density at radius 1 is 0.561 bits per heavy atom. The van der Waals surface area contributed by atoms with Crippen molar-refractivity contribution in [2.45, 2.75) is 19.3 Å². The summed E-state index contributed by atoms with van der Waals surface area (Å²) < 4.78 is 21.5. The van der Waals surface area contributed by atoms with E-state index in [1.54, 1.807) is 60.7 Å². The van der Waals surface area contributed by atoms with E-state index in [0.29, 0.717) is 41.6 Å². The van der Waals surface area contributed by atoms with E-state index in [9.17, 15) is 14.4 Å². The van der Waals surface area contributed by atoms with Crippen molar-refractivity contribution in [2.75, 3.05) is 13.2 Å². The van der Waals surface area contributed by atoms with Crippen molar-refractivity contribution in [2.24, 2.45) is 0 Å². The molecule has 208 valence electrons. The maximum atomic E-state index is 12.6. The molecule has 0 heterocycles. The van der Waals surface area contributed by atoms with Gasteiger partial charge >= 0.3 is 17.9 Å². The van der Waals surface area contributed by atoms with Gasteiger partial charge in [-0.2, -0.15) is 0 Å². The van der Waals surface area contributed by atoms with Crippen LogP contribution in [0, 0.1) is 0 Å². The smallest absolute Gasteiger partial charge is 0.343 e. The van der Waals surface area contributed by atoms with Gasteiger partial charge in [-0.1, -0.05) is 49.0 Å². The first kappa shape index (κ1) is 28.8. The van der Waals surface area contributed by atoms with E-state index < -0.39 is 17.9 Å². The summed E-state index contributed by atoms with van der Waals surface area (Å²) in [6, 6.07) is 30.0. The van der Waals surface area contributed by atoms with Crippen LogP contribution in [-0.4, -0.2) is 31.1 Å². The van der Waals surface area contributed by atoms with Crippen molar-refractivity contribution in [3.05, 3.63) is 127 Å². The van der Waals surface area contributed by atoms with Gasteiger partial charge in [-0.25, -0.2) is 14.4 Å². The van der Waals surface area contributed by atoms with Gasteiger partial charge in [-0.15, -0.1) is 0 Å². The Labute approximate surface area is 239 Å². The largest absolute Gasteiger partial charge is 0.494 e. The molecule has 0 aliphatic carbocycles. The predicted octanol–water partition coefficient (Wildman–Crippen LogP) is 7.07. The average Bonchev–Trinajstić information content (AvgIpc) is 3.02. The zero-order valence-electron chi connectivity index (χ0n) is 22.5. The maximum Gasteiger partial charge on any atom is 0.343 e. The molecule has 4 aromatic rings. The van der Waals surface area contributed by atoms with E-state index in [4.69, 9.17) is 18.9 Å². The Balaban J connectivity index is 1.20. The van der Waals surface area contributed by atoms with Gasteiger partial charge in [-0.05, 0) is 91.1 Å². The second-order valence-electron chi connectivity index (χ2n) is 9.00. The number of hydrogen-bond acceptors (Lipinski definition) is 7. The number of carbonyl (C=O) groups excluding carboxylic acids is 3. The van der Waals surface area contributed by atoms with E-state index in [2.05, 4.69) is 6.58 Å². The molecule has 0 saturated heterocycles. The van der Waals surface area contributed by atoms with Crippen LogP contribution in [-0.2, 0) is 9.53 Å². The number of rotatable bonds is 13. The summed E-state index contributed by atoms with van der Waals surface area (Å²) in [7, 11) is 0. The Bertz CT molecular complexity index is 1440. The van der Waals surface area contributed by atoms with E-state index in [1.165, 1.54) is 0 Å². The van der Waals surface area contributed by atoms with Gasteiger partial charge in [0.1, 0.15) is 17.2 Å². The quantitative estimate of drug-likeness (QED) is 0.0761. The molecule has 7 nitrogen and oxygen atoms in total. The molecule has 0 N–H and O–H groups in total. The zero-order valence-corrected chi connectivity index (χ0v) is 22.5. The first-order valence-corrected chi connectivity index (χ1v) is 13.2. The lowest BCUT2D eigenvalue weighted by molar-refractivity contribution is -0.137. The molecule has 0 amide bonds. The van der Waals surface area contributed by atoms with Crippen molar-refractivity contribution < 1.29 is 33.3 Å². The molecule has 4 rings (SSSR count). The highest BCUT2D eigenvalue weighted by atomic mass is 16.5. The molecule has 0 spiro atoms. The van der Waals surface area contributed by atoms with Crippen LogP contribution in [0.15, 0.2) is 116 Å². The second-order valence-corrected chi connectivity index (χ2v) is 9.00. The first-order valence-electron chi connectivity index (χ1n) is 13.2. The lowest BCUT2D eigenvalue weighted by Gasteiger charge is -2.09. The highest BCUT2D eigenvalue weighted by molar-refractivity contribution is 5.92. The normalized spacial score (nSPS) is 10.3. The van der Waals surface area contributed by atoms with E-state index in [-0.39, 0.29) is 0 Å². The van der Waals surface area contributed by atoms with Crippen molar-refractivity contribution >= 4 is 17.9 Å². The summed E-state index contributed by atoms with van der Waals surface area (Å²) in [5.74, 6) is -0.123. The molecule has 0 saturated carbocycles.